The molecule has 0 aliphatic carbocycles. The molecule has 1 aromatic rings. The summed E-state index contributed by atoms with van der Waals surface area (Å²) in [6, 6.07) is 6.73. The predicted octanol–water partition coefficient (Wildman–Crippen LogP) is -0.171. The van der Waals surface area contributed by atoms with Gasteiger partial charge in [0, 0.05) is 10.6 Å². The average Bonchev–Trinajstić information content (AvgIpc) is 2.44. The zero-order valence-corrected chi connectivity index (χ0v) is 11.3. The molecule has 2 rings (SSSR count). The molecule has 0 spiro atoms. The molecule has 0 bridgehead atoms. The maximum atomic E-state index is 9.86. The molecule has 0 saturated carbocycles. The highest BCUT2D eigenvalue weighted by Gasteiger charge is 2.36. The molecule has 1 aliphatic rings. The minimum Gasteiger partial charge on any atom is -0.394 e. The summed E-state index contributed by atoms with van der Waals surface area (Å²) < 4.78 is 10.8. The van der Waals surface area contributed by atoms with Crippen LogP contribution in [0.25, 0.3) is 0 Å². The molecular weight excluding hydrogens is 288 g/mol. The number of hydrogen-bond acceptors (Lipinski definition) is 6. The second-order valence-electron chi connectivity index (χ2n) is 4.63. The maximum Gasteiger partial charge on any atom is 0.184 e. The van der Waals surface area contributed by atoms with Crippen LogP contribution in [0.2, 0.25) is 5.02 Å². The Kier molecular flexibility index (Phi) is 5.34. The molecule has 0 radical (unpaired) electrons. The van der Waals surface area contributed by atoms with Crippen molar-refractivity contribution in [2.45, 2.75) is 30.7 Å². The second-order valence-corrected chi connectivity index (χ2v) is 5.06. The third kappa shape index (κ3) is 3.48. The Morgan fingerprint density at radius 1 is 1.20 bits per heavy atom. The normalized spacial score (nSPS) is 35.4. The number of ether oxygens (including phenoxy) is 2. The number of aliphatic hydroxyl groups excluding tert-OH is 4. The van der Waals surface area contributed by atoms with E-state index >= 15 is 0 Å². The SMILES string of the molecule is OC[C@@H]1OC(c2cccc(Cl)c2)OC[C@@H](O)[C@@H](O)[C@@H]1O. The number of rotatable bonds is 2. The third-order valence-corrected chi connectivity index (χ3v) is 3.38. The Hall–Kier alpha value is -0.730. The van der Waals surface area contributed by atoms with Gasteiger partial charge in [-0.2, -0.15) is 0 Å². The van der Waals surface area contributed by atoms with Crippen LogP contribution >= 0.6 is 11.6 Å². The molecule has 1 fully saturated rings. The molecule has 7 heteroatoms. The molecular formula is C13H17ClO6. The van der Waals surface area contributed by atoms with Gasteiger partial charge in [-0.3, -0.25) is 0 Å². The van der Waals surface area contributed by atoms with E-state index in [1.54, 1.807) is 24.3 Å². The molecule has 6 nitrogen and oxygen atoms in total. The van der Waals surface area contributed by atoms with Gasteiger partial charge in [0.1, 0.15) is 24.4 Å². The van der Waals surface area contributed by atoms with Crippen molar-refractivity contribution in [1.82, 2.24) is 0 Å². The Bertz CT molecular complexity index is 443. The van der Waals surface area contributed by atoms with Crippen molar-refractivity contribution < 1.29 is 29.9 Å². The fourth-order valence-electron chi connectivity index (χ4n) is 1.99. The topological polar surface area (TPSA) is 99.4 Å². The van der Waals surface area contributed by atoms with Gasteiger partial charge in [-0.05, 0) is 12.1 Å². The standard InChI is InChI=1S/C13H17ClO6/c14-8-3-1-2-7(4-8)13-19-6-9(16)11(17)12(18)10(5-15)20-13/h1-4,9-13,15-18H,5-6H2/t9-,10+,11-,12-,13?/m1/s1. The van der Waals surface area contributed by atoms with E-state index in [4.69, 9.17) is 21.1 Å². The highest BCUT2D eigenvalue weighted by molar-refractivity contribution is 6.30. The molecule has 0 aromatic heterocycles. The Morgan fingerprint density at radius 3 is 2.60 bits per heavy atom. The van der Waals surface area contributed by atoms with Crippen LogP contribution in [-0.4, -0.2) is 58.1 Å². The van der Waals surface area contributed by atoms with Crippen LogP contribution in [0.15, 0.2) is 24.3 Å². The lowest BCUT2D eigenvalue weighted by Gasteiger charge is -2.35. The van der Waals surface area contributed by atoms with Crippen LogP contribution in [0.5, 0.6) is 0 Å². The van der Waals surface area contributed by atoms with E-state index in [1.807, 2.05) is 0 Å². The van der Waals surface area contributed by atoms with Crippen LogP contribution in [0.3, 0.4) is 0 Å². The van der Waals surface area contributed by atoms with Crippen molar-refractivity contribution >= 4 is 11.6 Å². The van der Waals surface area contributed by atoms with Gasteiger partial charge in [-0.15, -0.1) is 0 Å². The Balaban J connectivity index is 2.21. The van der Waals surface area contributed by atoms with Gasteiger partial charge >= 0.3 is 0 Å². The highest BCUT2D eigenvalue weighted by atomic mass is 35.5. The summed E-state index contributed by atoms with van der Waals surface area (Å²) in [7, 11) is 0. The fraction of sp³-hybridized carbons (Fsp3) is 0.538. The minimum atomic E-state index is -1.45. The fourth-order valence-corrected chi connectivity index (χ4v) is 2.19. The second kappa shape index (κ2) is 6.82. The number of halogens is 1. The molecule has 0 amide bonds. The van der Waals surface area contributed by atoms with Gasteiger partial charge in [0.2, 0.25) is 0 Å². The first-order valence-electron chi connectivity index (χ1n) is 6.20. The summed E-state index contributed by atoms with van der Waals surface area (Å²) >= 11 is 5.89. The van der Waals surface area contributed by atoms with Crippen molar-refractivity contribution in [1.29, 1.82) is 0 Å². The predicted molar refractivity (Wildman–Crippen MR) is 70.1 cm³/mol. The summed E-state index contributed by atoms with van der Waals surface area (Å²) in [6.45, 7) is -0.737. The maximum absolute atomic E-state index is 9.86. The largest absolute Gasteiger partial charge is 0.394 e. The number of benzene rings is 1. The van der Waals surface area contributed by atoms with E-state index in [2.05, 4.69) is 0 Å². The summed E-state index contributed by atoms with van der Waals surface area (Å²) in [6.07, 6.45) is -6.12. The monoisotopic (exact) mass is 304 g/mol. The van der Waals surface area contributed by atoms with E-state index in [-0.39, 0.29) is 6.61 Å². The first-order chi connectivity index (χ1) is 9.52. The zero-order valence-electron chi connectivity index (χ0n) is 10.6. The molecule has 1 aliphatic heterocycles. The summed E-state index contributed by atoms with van der Waals surface area (Å²) in [5.41, 5.74) is 0.590. The van der Waals surface area contributed by atoms with Gasteiger partial charge in [0.15, 0.2) is 6.29 Å². The van der Waals surface area contributed by atoms with E-state index in [0.29, 0.717) is 10.6 Å². The van der Waals surface area contributed by atoms with Crippen LogP contribution in [0.1, 0.15) is 11.9 Å². The Morgan fingerprint density at radius 2 is 1.95 bits per heavy atom. The lowest BCUT2D eigenvalue weighted by atomic mass is 10.0. The van der Waals surface area contributed by atoms with Gasteiger partial charge in [-0.1, -0.05) is 23.7 Å². The van der Waals surface area contributed by atoms with Gasteiger partial charge < -0.3 is 29.9 Å². The van der Waals surface area contributed by atoms with Crippen molar-refractivity contribution in [3.63, 3.8) is 0 Å². The molecule has 20 heavy (non-hydrogen) atoms. The molecule has 4 N–H and O–H groups in total. The minimum absolute atomic E-state index is 0.215. The van der Waals surface area contributed by atoms with E-state index in [0.717, 1.165) is 0 Å². The van der Waals surface area contributed by atoms with Crippen molar-refractivity contribution in [2.75, 3.05) is 13.2 Å². The van der Waals surface area contributed by atoms with Crippen molar-refractivity contribution in [2.24, 2.45) is 0 Å². The van der Waals surface area contributed by atoms with Crippen LogP contribution in [0.4, 0.5) is 0 Å². The highest BCUT2D eigenvalue weighted by Crippen LogP contribution is 2.27. The van der Waals surface area contributed by atoms with Crippen LogP contribution in [-0.2, 0) is 9.47 Å². The van der Waals surface area contributed by atoms with Gasteiger partial charge in [-0.25, -0.2) is 0 Å². The van der Waals surface area contributed by atoms with E-state index in [9.17, 15) is 20.4 Å². The van der Waals surface area contributed by atoms with Crippen molar-refractivity contribution in [3.8, 4) is 0 Å². The average molecular weight is 305 g/mol. The molecule has 1 unspecified atom stereocenters. The smallest absolute Gasteiger partial charge is 0.184 e. The van der Waals surface area contributed by atoms with Crippen LogP contribution < -0.4 is 0 Å². The third-order valence-electron chi connectivity index (χ3n) is 3.14. The summed E-state index contributed by atoms with van der Waals surface area (Å²) in [4.78, 5) is 0. The lowest BCUT2D eigenvalue weighted by molar-refractivity contribution is -0.256. The summed E-state index contributed by atoms with van der Waals surface area (Å²) in [5, 5.41) is 38.9. The van der Waals surface area contributed by atoms with E-state index in [1.165, 1.54) is 0 Å². The van der Waals surface area contributed by atoms with Gasteiger partial charge in [0.05, 0.1) is 13.2 Å². The first kappa shape index (κ1) is 15.7. The molecule has 112 valence electrons. The van der Waals surface area contributed by atoms with E-state index < -0.39 is 37.3 Å². The Labute approximate surface area is 121 Å². The number of aliphatic hydroxyl groups is 4. The lowest BCUT2D eigenvalue weighted by Crippen LogP contribution is -2.51. The molecule has 1 heterocycles. The van der Waals surface area contributed by atoms with Crippen molar-refractivity contribution in [3.05, 3.63) is 34.9 Å². The number of hydrogen-bond donors (Lipinski definition) is 4. The summed E-state index contributed by atoms with van der Waals surface area (Å²) in [5.74, 6) is 0. The molecule has 1 aromatic carbocycles. The quantitative estimate of drug-likeness (QED) is 0.605. The molecule has 1 saturated heterocycles. The molecule has 5 atom stereocenters. The first-order valence-corrected chi connectivity index (χ1v) is 6.58. The van der Waals surface area contributed by atoms with Gasteiger partial charge in [0.25, 0.3) is 0 Å². The van der Waals surface area contributed by atoms with Crippen LogP contribution in [0, 0.1) is 0 Å². The zero-order chi connectivity index (χ0) is 14.7.